The molecule has 1 N–H and O–H groups in total. The molecule has 3 rings (SSSR count). The van der Waals surface area contributed by atoms with Crippen LogP contribution < -0.4 is 14.8 Å². The Morgan fingerprint density at radius 3 is 2.38 bits per heavy atom. The van der Waals surface area contributed by atoms with Crippen LogP contribution in [0.2, 0.25) is 0 Å². The number of nitrogens with zero attached hydrogens (tertiary/aromatic N) is 1. The predicted octanol–water partition coefficient (Wildman–Crippen LogP) is 7.10. The van der Waals surface area contributed by atoms with Crippen molar-refractivity contribution < 1.29 is 27.6 Å². The van der Waals surface area contributed by atoms with Crippen LogP contribution in [0.25, 0.3) is 0 Å². The number of nitrogens with one attached hydrogen (secondary N) is 1. The molecule has 0 heterocycles. The van der Waals surface area contributed by atoms with Gasteiger partial charge in [0, 0.05) is 22.8 Å². The monoisotopic (exact) mass is 510 g/mol. The number of hydrogen-bond donors (Lipinski definition) is 1. The summed E-state index contributed by atoms with van der Waals surface area (Å²) in [5.74, 6) is 0.0996. The molecule has 0 aromatic heterocycles. The highest BCUT2D eigenvalue weighted by Gasteiger charge is 2.33. The SMILES string of the molecule is COc1cc(CNc2ccc(Br)cc2C)ccc1Oc1ccc(C(F)(F)F)cc1[N+](=O)[O-]. The number of anilines is 1. The van der Waals surface area contributed by atoms with Gasteiger partial charge in [0.2, 0.25) is 5.75 Å². The normalized spacial score (nSPS) is 11.2. The average molecular weight is 511 g/mol. The van der Waals surface area contributed by atoms with Crippen molar-refractivity contribution in [1.82, 2.24) is 0 Å². The molecule has 3 aromatic carbocycles. The second kappa shape index (κ2) is 9.47. The van der Waals surface area contributed by atoms with E-state index in [0.717, 1.165) is 33.4 Å². The number of hydrogen-bond acceptors (Lipinski definition) is 5. The van der Waals surface area contributed by atoms with E-state index < -0.39 is 22.4 Å². The van der Waals surface area contributed by atoms with Crippen molar-refractivity contribution in [1.29, 1.82) is 0 Å². The second-order valence-corrected chi connectivity index (χ2v) is 7.75. The number of alkyl halides is 3. The third kappa shape index (κ3) is 5.50. The maximum absolute atomic E-state index is 12.9. The molecule has 10 heteroatoms. The Balaban J connectivity index is 1.83. The van der Waals surface area contributed by atoms with E-state index in [1.54, 1.807) is 18.2 Å². The van der Waals surface area contributed by atoms with E-state index in [9.17, 15) is 23.3 Å². The molecule has 0 radical (unpaired) electrons. The number of nitro benzene ring substituents is 1. The van der Waals surface area contributed by atoms with Crippen LogP contribution in [0, 0.1) is 17.0 Å². The van der Waals surface area contributed by atoms with Gasteiger partial charge in [0.15, 0.2) is 11.5 Å². The Morgan fingerprint density at radius 2 is 1.75 bits per heavy atom. The molecule has 0 saturated carbocycles. The van der Waals surface area contributed by atoms with Crippen LogP contribution in [-0.2, 0) is 12.7 Å². The molecule has 0 atom stereocenters. The molecule has 0 amide bonds. The first-order valence-electron chi connectivity index (χ1n) is 9.29. The summed E-state index contributed by atoms with van der Waals surface area (Å²) < 4.78 is 50.5. The average Bonchev–Trinajstić information content (AvgIpc) is 2.73. The van der Waals surface area contributed by atoms with Gasteiger partial charge in [-0.05, 0) is 60.5 Å². The summed E-state index contributed by atoms with van der Waals surface area (Å²) in [5.41, 5.74) is 0.929. The molecule has 6 nitrogen and oxygen atoms in total. The summed E-state index contributed by atoms with van der Waals surface area (Å²) >= 11 is 3.42. The lowest BCUT2D eigenvalue weighted by Gasteiger charge is -2.14. The maximum Gasteiger partial charge on any atom is 0.416 e. The molecule has 0 spiro atoms. The minimum absolute atomic E-state index is 0.138. The largest absolute Gasteiger partial charge is 0.493 e. The predicted molar refractivity (Wildman–Crippen MR) is 117 cm³/mol. The molecular formula is C22H18BrF3N2O4. The highest BCUT2D eigenvalue weighted by Crippen LogP contribution is 2.40. The molecule has 3 aromatic rings. The lowest BCUT2D eigenvalue weighted by atomic mass is 10.1. The standard InChI is InChI=1S/C22H18BrF3N2O4/c1-13-9-16(23)5-6-17(13)27-12-14-3-7-20(21(10-14)31-2)32-19-8-4-15(22(24,25)26)11-18(19)28(29)30/h3-11,27H,12H2,1-2H3. The zero-order valence-corrected chi connectivity index (χ0v) is 18.6. The van der Waals surface area contributed by atoms with Crippen LogP contribution in [0.1, 0.15) is 16.7 Å². The third-order valence-electron chi connectivity index (χ3n) is 4.60. The first-order chi connectivity index (χ1) is 15.1. The van der Waals surface area contributed by atoms with Crippen LogP contribution in [0.15, 0.2) is 59.1 Å². The molecule has 0 aliphatic carbocycles. The smallest absolute Gasteiger partial charge is 0.416 e. The van der Waals surface area contributed by atoms with Crippen molar-refractivity contribution in [2.75, 3.05) is 12.4 Å². The Kier molecular flexibility index (Phi) is 6.93. The number of halogens is 4. The fraction of sp³-hybridized carbons (Fsp3) is 0.182. The first-order valence-corrected chi connectivity index (χ1v) is 10.1. The van der Waals surface area contributed by atoms with Gasteiger partial charge in [0.05, 0.1) is 17.6 Å². The summed E-state index contributed by atoms with van der Waals surface area (Å²) in [5, 5.41) is 14.6. The molecule has 0 bridgehead atoms. The van der Waals surface area contributed by atoms with Gasteiger partial charge in [-0.3, -0.25) is 10.1 Å². The van der Waals surface area contributed by atoms with Crippen LogP contribution in [-0.4, -0.2) is 12.0 Å². The zero-order valence-electron chi connectivity index (χ0n) is 17.0. The van der Waals surface area contributed by atoms with Crippen molar-refractivity contribution in [3.63, 3.8) is 0 Å². The number of nitro groups is 1. The fourth-order valence-corrected chi connectivity index (χ4v) is 3.45. The molecule has 168 valence electrons. The molecule has 0 saturated heterocycles. The summed E-state index contributed by atoms with van der Waals surface area (Å²) in [6.45, 7) is 2.45. The van der Waals surface area contributed by atoms with Gasteiger partial charge in [-0.15, -0.1) is 0 Å². The summed E-state index contributed by atoms with van der Waals surface area (Å²) in [6.07, 6.45) is -4.71. The van der Waals surface area contributed by atoms with E-state index in [2.05, 4.69) is 21.2 Å². The van der Waals surface area contributed by atoms with Crippen molar-refractivity contribution in [2.24, 2.45) is 0 Å². The Bertz CT molecular complexity index is 1150. The van der Waals surface area contributed by atoms with E-state index in [-0.39, 0.29) is 17.2 Å². The highest BCUT2D eigenvalue weighted by atomic mass is 79.9. The summed E-state index contributed by atoms with van der Waals surface area (Å²) in [7, 11) is 1.40. The van der Waals surface area contributed by atoms with Gasteiger partial charge in [-0.25, -0.2) is 0 Å². The van der Waals surface area contributed by atoms with E-state index in [4.69, 9.17) is 9.47 Å². The maximum atomic E-state index is 12.9. The van der Waals surface area contributed by atoms with Gasteiger partial charge in [-0.1, -0.05) is 22.0 Å². The third-order valence-corrected chi connectivity index (χ3v) is 5.10. The van der Waals surface area contributed by atoms with Gasteiger partial charge < -0.3 is 14.8 Å². The van der Waals surface area contributed by atoms with Gasteiger partial charge >= 0.3 is 11.9 Å². The number of ether oxygens (including phenoxy) is 2. The fourth-order valence-electron chi connectivity index (χ4n) is 2.97. The van der Waals surface area contributed by atoms with E-state index >= 15 is 0 Å². The molecule has 0 fully saturated rings. The van der Waals surface area contributed by atoms with E-state index in [1.165, 1.54) is 7.11 Å². The number of benzene rings is 3. The van der Waals surface area contributed by atoms with Crippen LogP contribution >= 0.6 is 15.9 Å². The van der Waals surface area contributed by atoms with Crippen LogP contribution in [0.3, 0.4) is 0 Å². The van der Waals surface area contributed by atoms with Crippen molar-refractivity contribution in [3.8, 4) is 17.2 Å². The Labute approximate surface area is 190 Å². The van der Waals surface area contributed by atoms with Gasteiger partial charge in [0.25, 0.3) is 0 Å². The van der Waals surface area contributed by atoms with E-state index in [1.807, 2.05) is 25.1 Å². The topological polar surface area (TPSA) is 73.6 Å². The van der Waals surface area contributed by atoms with Crippen LogP contribution in [0.4, 0.5) is 24.5 Å². The molecule has 0 aliphatic heterocycles. The molecule has 0 aliphatic rings. The van der Waals surface area contributed by atoms with Gasteiger partial charge in [-0.2, -0.15) is 13.2 Å². The zero-order chi connectivity index (χ0) is 23.5. The Morgan fingerprint density at radius 1 is 1.03 bits per heavy atom. The lowest BCUT2D eigenvalue weighted by Crippen LogP contribution is -2.06. The second-order valence-electron chi connectivity index (χ2n) is 6.84. The summed E-state index contributed by atoms with van der Waals surface area (Å²) in [4.78, 5) is 10.4. The van der Waals surface area contributed by atoms with Crippen molar-refractivity contribution in [3.05, 3.63) is 85.9 Å². The molecule has 32 heavy (non-hydrogen) atoms. The lowest BCUT2D eigenvalue weighted by molar-refractivity contribution is -0.385. The van der Waals surface area contributed by atoms with Crippen molar-refractivity contribution >= 4 is 27.3 Å². The number of aryl methyl sites for hydroxylation is 1. The molecule has 0 unspecified atom stereocenters. The number of rotatable bonds is 7. The van der Waals surface area contributed by atoms with Gasteiger partial charge in [0.1, 0.15) is 0 Å². The molecular weight excluding hydrogens is 493 g/mol. The number of methoxy groups -OCH3 is 1. The first kappa shape index (κ1) is 23.4. The highest BCUT2D eigenvalue weighted by molar-refractivity contribution is 9.10. The minimum atomic E-state index is -4.71. The minimum Gasteiger partial charge on any atom is -0.493 e. The van der Waals surface area contributed by atoms with Crippen LogP contribution in [0.5, 0.6) is 17.2 Å². The van der Waals surface area contributed by atoms with E-state index in [0.29, 0.717) is 12.6 Å². The van der Waals surface area contributed by atoms with Crippen molar-refractivity contribution in [2.45, 2.75) is 19.6 Å². The Hall–Kier alpha value is -3.27. The summed E-state index contributed by atoms with van der Waals surface area (Å²) in [6, 6.07) is 12.9. The quantitative estimate of drug-likeness (QED) is 0.271.